The Hall–Kier alpha value is -1.55. The highest BCUT2D eigenvalue weighted by molar-refractivity contribution is 5.97. The van der Waals surface area contributed by atoms with E-state index in [9.17, 15) is 15.0 Å². The number of hydrogen-bond acceptors (Lipinski definition) is 4. The van der Waals surface area contributed by atoms with Gasteiger partial charge in [0.2, 0.25) is 0 Å². The maximum absolute atomic E-state index is 10.9. The maximum atomic E-state index is 10.9. The molecule has 0 atom stereocenters. The van der Waals surface area contributed by atoms with Crippen molar-refractivity contribution < 1.29 is 15.0 Å². The molecule has 0 unspecified atom stereocenters. The number of nitrogens with two attached hydrogens (primary N) is 1. The third kappa shape index (κ3) is 1.62. The number of Topliss-reactive ketones (excluding diaryl/α,β-unsaturated/α-hetero) is 1. The van der Waals surface area contributed by atoms with Gasteiger partial charge in [-0.05, 0) is 13.0 Å². The molecule has 4 nitrogen and oxygen atoms in total. The van der Waals surface area contributed by atoms with E-state index in [0.29, 0.717) is 5.56 Å². The summed E-state index contributed by atoms with van der Waals surface area (Å²) >= 11 is 0. The van der Waals surface area contributed by atoms with E-state index in [0.717, 1.165) is 0 Å². The van der Waals surface area contributed by atoms with E-state index >= 15 is 0 Å². The topological polar surface area (TPSA) is 83.6 Å². The van der Waals surface area contributed by atoms with Crippen LogP contribution in [0.5, 0.6) is 11.5 Å². The van der Waals surface area contributed by atoms with E-state index in [1.165, 1.54) is 19.1 Å². The van der Waals surface area contributed by atoms with Crippen LogP contribution in [0.2, 0.25) is 0 Å². The van der Waals surface area contributed by atoms with Gasteiger partial charge in [-0.15, -0.1) is 0 Å². The summed E-state index contributed by atoms with van der Waals surface area (Å²) in [5.74, 6) is -0.998. The fourth-order valence-corrected chi connectivity index (χ4v) is 1.07. The Kier molecular flexibility index (Phi) is 2.53. The molecular weight excluding hydrogens is 170 g/mol. The molecule has 0 aromatic heterocycles. The highest BCUT2D eigenvalue weighted by Gasteiger charge is 2.13. The molecule has 4 heteroatoms. The van der Waals surface area contributed by atoms with Gasteiger partial charge in [-0.25, -0.2) is 0 Å². The fraction of sp³-hybridized carbons (Fsp3) is 0.222. The molecule has 4 N–H and O–H groups in total. The molecule has 0 fully saturated rings. The lowest BCUT2D eigenvalue weighted by atomic mass is 10.1. The van der Waals surface area contributed by atoms with Crippen LogP contribution in [0.3, 0.4) is 0 Å². The summed E-state index contributed by atoms with van der Waals surface area (Å²) in [5, 5.41) is 18.7. The summed E-state index contributed by atoms with van der Waals surface area (Å²) in [5.41, 5.74) is 5.81. The van der Waals surface area contributed by atoms with Crippen LogP contribution in [-0.2, 0) is 6.54 Å². The molecule has 0 aliphatic heterocycles. The van der Waals surface area contributed by atoms with E-state index < -0.39 is 5.75 Å². The van der Waals surface area contributed by atoms with Crippen LogP contribution in [0, 0.1) is 0 Å². The van der Waals surface area contributed by atoms with Crippen molar-refractivity contribution in [3.05, 3.63) is 23.3 Å². The molecule has 0 saturated carbocycles. The van der Waals surface area contributed by atoms with E-state index in [4.69, 9.17) is 5.73 Å². The van der Waals surface area contributed by atoms with Crippen LogP contribution in [0.25, 0.3) is 0 Å². The zero-order chi connectivity index (χ0) is 10.0. The zero-order valence-electron chi connectivity index (χ0n) is 7.24. The Morgan fingerprint density at radius 2 is 2.00 bits per heavy atom. The lowest BCUT2D eigenvalue weighted by Crippen LogP contribution is -1.99. The van der Waals surface area contributed by atoms with Gasteiger partial charge in [0, 0.05) is 12.1 Å². The molecule has 0 radical (unpaired) electrons. The number of hydrogen-bond donors (Lipinski definition) is 3. The van der Waals surface area contributed by atoms with Crippen LogP contribution in [0.15, 0.2) is 12.1 Å². The highest BCUT2D eigenvalue weighted by atomic mass is 16.3. The minimum absolute atomic E-state index is 0.106. The maximum Gasteiger partial charge on any atom is 0.168 e. The van der Waals surface area contributed by atoms with Gasteiger partial charge in [-0.2, -0.15) is 0 Å². The van der Waals surface area contributed by atoms with Crippen LogP contribution in [0.1, 0.15) is 22.8 Å². The lowest BCUT2D eigenvalue weighted by molar-refractivity contribution is 0.101. The second-order valence-electron chi connectivity index (χ2n) is 2.73. The number of aromatic hydroxyl groups is 2. The molecule has 70 valence electrons. The molecule has 1 aromatic rings. The normalized spacial score (nSPS) is 10.0. The highest BCUT2D eigenvalue weighted by Crippen LogP contribution is 2.32. The number of carbonyl (C=O) groups excluding carboxylic acids is 1. The average molecular weight is 181 g/mol. The predicted molar refractivity (Wildman–Crippen MR) is 47.7 cm³/mol. The van der Waals surface area contributed by atoms with Crippen molar-refractivity contribution in [1.29, 1.82) is 0 Å². The minimum Gasteiger partial charge on any atom is -0.504 e. The van der Waals surface area contributed by atoms with Gasteiger partial charge >= 0.3 is 0 Å². The molecule has 0 heterocycles. The van der Waals surface area contributed by atoms with Crippen LogP contribution in [-0.4, -0.2) is 16.0 Å². The first-order chi connectivity index (χ1) is 6.07. The number of phenolic OH excluding ortho intramolecular Hbond substituents is 2. The van der Waals surface area contributed by atoms with Gasteiger partial charge in [-0.1, -0.05) is 6.07 Å². The minimum atomic E-state index is -0.393. The molecule has 0 saturated heterocycles. The molecule has 0 spiro atoms. The second kappa shape index (κ2) is 3.45. The zero-order valence-corrected chi connectivity index (χ0v) is 7.24. The molecule has 0 bridgehead atoms. The first-order valence-electron chi connectivity index (χ1n) is 3.82. The summed E-state index contributed by atoms with van der Waals surface area (Å²) in [4.78, 5) is 10.9. The molecule has 1 aromatic carbocycles. The van der Waals surface area contributed by atoms with E-state index in [1.54, 1.807) is 0 Å². The standard InChI is InChI=1S/C9H11NO3/c1-5(11)7-3-2-6(4-10)8(12)9(7)13/h2-3,12-13H,4,10H2,1H3. The van der Waals surface area contributed by atoms with E-state index in [-0.39, 0.29) is 23.6 Å². The predicted octanol–water partition coefficient (Wildman–Crippen LogP) is 0.759. The molecular formula is C9H11NO3. The molecule has 0 aliphatic carbocycles. The summed E-state index contributed by atoms with van der Waals surface area (Å²) in [7, 11) is 0. The largest absolute Gasteiger partial charge is 0.504 e. The Labute approximate surface area is 75.6 Å². The summed E-state index contributed by atoms with van der Waals surface area (Å²) in [6, 6.07) is 2.96. The Morgan fingerprint density at radius 3 is 2.46 bits per heavy atom. The van der Waals surface area contributed by atoms with E-state index in [1.807, 2.05) is 0 Å². The summed E-state index contributed by atoms with van der Waals surface area (Å²) in [6.07, 6.45) is 0. The van der Waals surface area contributed by atoms with Gasteiger partial charge in [0.15, 0.2) is 17.3 Å². The summed E-state index contributed by atoms with van der Waals surface area (Å²) in [6.45, 7) is 1.44. The second-order valence-corrected chi connectivity index (χ2v) is 2.73. The van der Waals surface area contributed by atoms with Gasteiger partial charge in [0.1, 0.15) is 0 Å². The molecule has 1 rings (SSSR count). The van der Waals surface area contributed by atoms with Crippen molar-refractivity contribution in [3.8, 4) is 11.5 Å². The lowest BCUT2D eigenvalue weighted by Gasteiger charge is -2.06. The van der Waals surface area contributed by atoms with Gasteiger partial charge in [-0.3, -0.25) is 4.79 Å². The smallest absolute Gasteiger partial charge is 0.168 e. The van der Waals surface area contributed by atoms with Crippen molar-refractivity contribution in [3.63, 3.8) is 0 Å². The Morgan fingerprint density at radius 1 is 1.38 bits per heavy atom. The van der Waals surface area contributed by atoms with Crippen molar-refractivity contribution >= 4 is 5.78 Å². The first-order valence-corrected chi connectivity index (χ1v) is 3.82. The summed E-state index contributed by atoms with van der Waals surface area (Å²) < 4.78 is 0. The number of carbonyl (C=O) groups is 1. The van der Waals surface area contributed by atoms with Gasteiger partial charge in [0.25, 0.3) is 0 Å². The number of rotatable bonds is 2. The number of benzene rings is 1. The van der Waals surface area contributed by atoms with Crippen molar-refractivity contribution in [2.75, 3.05) is 0 Å². The fourth-order valence-electron chi connectivity index (χ4n) is 1.07. The monoisotopic (exact) mass is 181 g/mol. The van der Waals surface area contributed by atoms with E-state index in [2.05, 4.69) is 0 Å². The first kappa shape index (κ1) is 9.54. The third-order valence-electron chi connectivity index (χ3n) is 1.83. The van der Waals surface area contributed by atoms with Crippen molar-refractivity contribution in [2.24, 2.45) is 5.73 Å². The average Bonchev–Trinajstić information content (AvgIpc) is 2.09. The SMILES string of the molecule is CC(=O)c1ccc(CN)c(O)c1O. The van der Waals surface area contributed by atoms with Crippen LogP contribution < -0.4 is 5.73 Å². The molecule has 0 aliphatic rings. The Bertz CT molecular complexity index is 347. The number of ketones is 1. The van der Waals surface area contributed by atoms with Crippen LogP contribution in [0.4, 0.5) is 0 Å². The van der Waals surface area contributed by atoms with Gasteiger partial charge in [0.05, 0.1) is 5.56 Å². The van der Waals surface area contributed by atoms with Crippen molar-refractivity contribution in [1.82, 2.24) is 0 Å². The molecule has 13 heavy (non-hydrogen) atoms. The van der Waals surface area contributed by atoms with Crippen molar-refractivity contribution in [2.45, 2.75) is 13.5 Å². The number of phenols is 2. The van der Waals surface area contributed by atoms with Crippen LogP contribution >= 0.6 is 0 Å². The quantitative estimate of drug-likeness (QED) is 0.464. The molecule has 0 amide bonds. The Balaban J connectivity index is 3.31. The third-order valence-corrected chi connectivity index (χ3v) is 1.83. The van der Waals surface area contributed by atoms with Gasteiger partial charge < -0.3 is 15.9 Å².